The molecule has 1 N–H and O–H groups in total. The van der Waals surface area contributed by atoms with Crippen LogP contribution < -0.4 is 5.32 Å². The Labute approximate surface area is 172 Å². The number of nitrogens with zero attached hydrogens (tertiary/aromatic N) is 2. The quantitative estimate of drug-likeness (QED) is 0.763. The van der Waals surface area contributed by atoms with Crippen LogP contribution >= 0.6 is 11.3 Å². The molecular formula is C21H19N3O4S. The Morgan fingerprint density at radius 1 is 1.31 bits per heavy atom. The lowest BCUT2D eigenvalue weighted by molar-refractivity contribution is -0.154. The number of hydrogen-bond donors (Lipinski definition) is 1. The van der Waals surface area contributed by atoms with Crippen LogP contribution in [-0.2, 0) is 19.1 Å². The van der Waals surface area contributed by atoms with Gasteiger partial charge in [-0.25, -0.2) is 0 Å². The molecule has 148 valence electrons. The third-order valence-electron chi connectivity index (χ3n) is 4.53. The summed E-state index contributed by atoms with van der Waals surface area (Å²) in [7, 11) is 0. The van der Waals surface area contributed by atoms with E-state index in [1.165, 1.54) is 30.1 Å². The van der Waals surface area contributed by atoms with E-state index in [2.05, 4.69) is 5.32 Å². The minimum absolute atomic E-state index is 0.0823. The van der Waals surface area contributed by atoms with Gasteiger partial charge in [0.25, 0.3) is 5.91 Å². The molecule has 0 saturated carbocycles. The average Bonchev–Trinajstić information content (AvgIpc) is 3.14. The zero-order valence-electron chi connectivity index (χ0n) is 15.9. The highest BCUT2D eigenvalue weighted by atomic mass is 32.1. The number of carbonyl (C=O) groups is 3. The van der Waals surface area contributed by atoms with Gasteiger partial charge in [-0.1, -0.05) is 24.3 Å². The minimum Gasteiger partial charge on any atom is -0.452 e. The van der Waals surface area contributed by atoms with E-state index in [0.717, 1.165) is 11.1 Å². The molecule has 1 aromatic heterocycles. The van der Waals surface area contributed by atoms with Crippen molar-refractivity contribution in [1.82, 2.24) is 4.90 Å². The van der Waals surface area contributed by atoms with E-state index in [4.69, 9.17) is 10.00 Å². The third kappa shape index (κ3) is 4.52. The Morgan fingerprint density at radius 2 is 2.07 bits per heavy atom. The lowest BCUT2D eigenvalue weighted by atomic mass is 9.94. The number of benzene rings is 1. The summed E-state index contributed by atoms with van der Waals surface area (Å²) in [5.41, 5.74) is 2.12. The van der Waals surface area contributed by atoms with E-state index in [-0.39, 0.29) is 12.3 Å². The predicted molar refractivity (Wildman–Crippen MR) is 109 cm³/mol. The van der Waals surface area contributed by atoms with Crippen LogP contribution in [0.15, 0.2) is 41.9 Å². The second-order valence-corrected chi connectivity index (χ2v) is 7.40. The summed E-state index contributed by atoms with van der Waals surface area (Å²) in [4.78, 5) is 38.3. The van der Waals surface area contributed by atoms with Gasteiger partial charge in [0.05, 0.1) is 18.0 Å². The van der Waals surface area contributed by atoms with Crippen LogP contribution in [0.1, 0.15) is 43.0 Å². The molecule has 0 unspecified atom stereocenters. The molecule has 7 nitrogen and oxygen atoms in total. The molecule has 1 aliphatic rings. The summed E-state index contributed by atoms with van der Waals surface area (Å²) in [5.74, 6) is -1.31. The van der Waals surface area contributed by atoms with Crippen molar-refractivity contribution in [3.63, 3.8) is 0 Å². The molecule has 2 amide bonds. The molecule has 0 saturated heterocycles. The molecule has 0 aliphatic carbocycles. The number of esters is 1. The van der Waals surface area contributed by atoms with Crippen molar-refractivity contribution in [3.8, 4) is 6.07 Å². The summed E-state index contributed by atoms with van der Waals surface area (Å²) in [5, 5.41) is 13.7. The maximum atomic E-state index is 12.5. The first-order chi connectivity index (χ1) is 13.9. The zero-order valence-corrected chi connectivity index (χ0v) is 16.7. The summed E-state index contributed by atoms with van der Waals surface area (Å²) >= 11 is 1.22. The van der Waals surface area contributed by atoms with Gasteiger partial charge in [0.2, 0.25) is 5.91 Å². The number of nitriles is 1. The molecule has 0 radical (unpaired) electrons. The smallest absolute Gasteiger partial charge is 0.309 e. The van der Waals surface area contributed by atoms with Gasteiger partial charge in [-0.3, -0.25) is 14.4 Å². The lowest BCUT2D eigenvalue weighted by Gasteiger charge is -2.32. The van der Waals surface area contributed by atoms with Crippen molar-refractivity contribution in [3.05, 3.63) is 58.6 Å². The number of thiophene rings is 1. The van der Waals surface area contributed by atoms with Gasteiger partial charge in [-0.2, -0.15) is 5.26 Å². The molecule has 2 heterocycles. The van der Waals surface area contributed by atoms with Crippen molar-refractivity contribution in [2.75, 3.05) is 5.32 Å². The predicted octanol–water partition coefficient (Wildman–Crippen LogP) is 3.45. The normalized spacial score (nSPS) is 15.8. The highest BCUT2D eigenvalue weighted by Crippen LogP contribution is 2.33. The van der Waals surface area contributed by atoms with Gasteiger partial charge in [-0.05, 0) is 35.6 Å². The molecule has 0 bridgehead atoms. The topological polar surface area (TPSA) is 99.5 Å². The number of carbonyl (C=O) groups excluding carboxylic acids is 3. The number of nitrogens with one attached hydrogen (secondary N) is 1. The number of hydrogen-bond acceptors (Lipinski definition) is 6. The van der Waals surface area contributed by atoms with Crippen LogP contribution in [0.5, 0.6) is 0 Å². The van der Waals surface area contributed by atoms with Gasteiger partial charge in [0.1, 0.15) is 11.1 Å². The van der Waals surface area contributed by atoms with Crippen LogP contribution in [-0.4, -0.2) is 28.8 Å². The van der Waals surface area contributed by atoms with Crippen molar-refractivity contribution < 1.29 is 19.1 Å². The first kappa shape index (κ1) is 20.3. The SMILES string of the molecule is CC(=O)N1C=Cc2ccccc2[C@H]1CC(=O)O[C@@H](C)C(=O)Nc1sccc1C#N. The molecule has 0 fully saturated rings. The van der Waals surface area contributed by atoms with Crippen molar-refractivity contribution in [2.45, 2.75) is 32.4 Å². The molecule has 2 aromatic rings. The standard InChI is InChI=1S/C21H19N3O4S/c1-13(20(27)23-21-16(12-22)8-10-29-21)28-19(26)11-18-17-6-4-3-5-15(17)7-9-24(18)14(2)25/h3-10,13,18H,11H2,1-2H3,(H,23,27)/t13-,18+/m0/s1. The van der Waals surface area contributed by atoms with E-state index in [1.807, 2.05) is 36.4 Å². The number of amides is 2. The maximum Gasteiger partial charge on any atom is 0.309 e. The number of fused-ring (bicyclic) bond motifs is 1. The molecule has 2 atom stereocenters. The van der Waals surface area contributed by atoms with Gasteiger partial charge in [0.15, 0.2) is 6.10 Å². The maximum absolute atomic E-state index is 12.5. The molecule has 1 aliphatic heterocycles. The molecule has 0 spiro atoms. The summed E-state index contributed by atoms with van der Waals surface area (Å²) in [6, 6.07) is 10.6. The lowest BCUT2D eigenvalue weighted by Crippen LogP contribution is -2.34. The first-order valence-electron chi connectivity index (χ1n) is 8.94. The van der Waals surface area contributed by atoms with Crippen LogP contribution in [0.25, 0.3) is 6.08 Å². The average molecular weight is 409 g/mol. The molecule has 8 heteroatoms. The van der Waals surface area contributed by atoms with E-state index in [0.29, 0.717) is 10.6 Å². The molecule has 1 aromatic carbocycles. The second kappa shape index (κ2) is 8.71. The van der Waals surface area contributed by atoms with Crippen LogP contribution in [0, 0.1) is 11.3 Å². The largest absolute Gasteiger partial charge is 0.452 e. The fourth-order valence-corrected chi connectivity index (χ4v) is 3.82. The summed E-state index contributed by atoms with van der Waals surface area (Å²) < 4.78 is 5.29. The highest BCUT2D eigenvalue weighted by molar-refractivity contribution is 7.14. The second-order valence-electron chi connectivity index (χ2n) is 6.49. The number of ether oxygens (including phenoxy) is 1. The molecule has 29 heavy (non-hydrogen) atoms. The molecular weight excluding hydrogens is 390 g/mol. The zero-order chi connectivity index (χ0) is 21.0. The van der Waals surface area contributed by atoms with Gasteiger partial charge >= 0.3 is 5.97 Å². The van der Waals surface area contributed by atoms with Crippen molar-refractivity contribution >= 4 is 40.2 Å². The Morgan fingerprint density at radius 3 is 2.79 bits per heavy atom. The van der Waals surface area contributed by atoms with Crippen LogP contribution in [0.2, 0.25) is 0 Å². The minimum atomic E-state index is -1.05. The fourth-order valence-electron chi connectivity index (χ4n) is 3.08. The number of anilines is 1. The van der Waals surface area contributed by atoms with E-state index in [9.17, 15) is 14.4 Å². The molecule has 3 rings (SSSR count). The van der Waals surface area contributed by atoms with Gasteiger partial charge in [0, 0.05) is 13.1 Å². The number of rotatable bonds is 5. The van der Waals surface area contributed by atoms with Crippen LogP contribution in [0.3, 0.4) is 0 Å². The van der Waals surface area contributed by atoms with Gasteiger partial charge in [-0.15, -0.1) is 11.3 Å². The first-order valence-corrected chi connectivity index (χ1v) is 9.82. The Balaban J connectivity index is 1.67. The Hall–Kier alpha value is -3.44. The summed E-state index contributed by atoms with van der Waals surface area (Å²) in [6.45, 7) is 2.89. The third-order valence-corrected chi connectivity index (χ3v) is 5.36. The van der Waals surface area contributed by atoms with E-state index < -0.39 is 24.0 Å². The Kier molecular flexibility index (Phi) is 6.10. The highest BCUT2D eigenvalue weighted by Gasteiger charge is 2.30. The van der Waals surface area contributed by atoms with Gasteiger partial charge < -0.3 is 15.0 Å². The van der Waals surface area contributed by atoms with Crippen LogP contribution in [0.4, 0.5) is 5.00 Å². The van der Waals surface area contributed by atoms with E-state index >= 15 is 0 Å². The fraction of sp³-hybridized carbons (Fsp3) is 0.238. The summed E-state index contributed by atoms with van der Waals surface area (Å²) in [6.07, 6.45) is 2.35. The van der Waals surface area contributed by atoms with Crippen molar-refractivity contribution in [1.29, 1.82) is 5.26 Å². The Bertz CT molecular complexity index is 1020. The monoisotopic (exact) mass is 409 g/mol. The van der Waals surface area contributed by atoms with Crippen molar-refractivity contribution in [2.24, 2.45) is 0 Å². The van der Waals surface area contributed by atoms with E-state index in [1.54, 1.807) is 17.6 Å².